The Bertz CT molecular complexity index is 609. The van der Waals surface area contributed by atoms with Gasteiger partial charge in [0.05, 0.1) is 0 Å². The van der Waals surface area contributed by atoms with Crippen molar-refractivity contribution in [3.05, 3.63) is 29.3 Å². The van der Waals surface area contributed by atoms with Crippen molar-refractivity contribution in [2.75, 3.05) is 19.6 Å². The number of likely N-dealkylation sites (tertiary alicyclic amines) is 1. The Morgan fingerprint density at radius 1 is 1.26 bits per heavy atom. The molecule has 1 atom stereocenters. The summed E-state index contributed by atoms with van der Waals surface area (Å²) in [6.45, 7) is 5.80. The highest BCUT2D eigenvalue weighted by atomic mass is 16.5. The molecule has 0 aliphatic carbocycles. The molecule has 0 radical (unpaired) electrons. The molecule has 2 aliphatic rings. The van der Waals surface area contributed by atoms with Crippen molar-refractivity contribution >= 4 is 11.9 Å². The average Bonchev–Trinajstić information content (AvgIpc) is 2.97. The van der Waals surface area contributed by atoms with Crippen LogP contribution < -0.4 is 15.4 Å². The molecule has 2 fully saturated rings. The maximum Gasteiger partial charge on any atom is 0.315 e. The van der Waals surface area contributed by atoms with Gasteiger partial charge in [0.25, 0.3) is 0 Å². The molecule has 2 N–H and O–H groups in total. The predicted molar refractivity (Wildman–Crippen MR) is 86.5 cm³/mol. The zero-order valence-electron chi connectivity index (χ0n) is 13.6. The van der Waals surface area contributed by atoms with Gasteiger partial charge in [-0.15, -0.1) is 0 Å². The summed E-state index contributed by atoms with van der Waals surface area (Å²) in [5, 5.41) is 5.26. The second-order valence-corrected chi connectivity index (χ2v) is 6.32. The summed E-state index contributed by atoms with van der Waals surface area (Å²) in [5.41, 5.74) is 2.32. The lowest BCUT2D eigenvalue weighted by molar-refractivity contribution is -0.134. The highest BCUT2D eigenvalue weighted by molar-refractivity contribution is 5.90. The Kier molecular flexibility index (Phi) is 4.41. The summed E-state index contributed by atoms with van der Waals surface area (Å²) in [6, 6.07) is 5.51. The van der Waals surface area contributed by atoms with E-state index in [4.69, 9.17) is 4.74 Å². The topological polar surface area (TPSA) is 70.7 Å². The van der Waals surface area contributed by atoms with Crippen LogP contribution in [-0.2, 0) is 4.79 Å². The number of benzene rings is 1. The van der Waals surface area contributed by atoms with Gasteiger partial charge in [-0.05, 0) is 31.0 Å². The zero-order chi connectivity index (χ0) is 16.4. The molecular weight excluding hydrogens is 294 g/mol. The first-order chi connectivity index (χ1) is 11.0. The van der Waals surface area contributed by atoms with Crippen molar-refractivity contribution in [3.8, 4) is 5.75 Å². The highest BCUT2D eigenvalue weighted by Crippen LogP contribution is 2.24. The summed E-state index contributed by atoms with van der Waals surface area (Å²) >= 11 is 0. The number of carbonyl (C=O) groups excluding carboxylic acids is 2. The normalized spacial score (nSPS) is 21.7. The Morgan fingerprint density at radius 3 is 2.65 bits per heavy atom. The van der Waals surface area contributed by atoms with Gasteiger partial charge in [0.2, 0.25) is 5.91 Å². The monoisotopic (exact) mass is 317 g/mol. The van der Waals surface area contributed by atoms with Gasteiger partial charge in [-0.1, -0.05) is 12.1 Å². The average molecular weight is 317 g/mol. The van der Waals surface area contributed by atoms with Crippen LogP contribution in [0.5, 0.6) is 5.75 Å². The molecule has 2 saturated heterocycles. The second kappa shape index (κ2) is 6.48. The van der Waals surface area contributed by atoms with Crippen molar-refractivity contribution in [3.63, 3.8) is 0 Å². The Balaban J connectivity index is 1.53. The minimum Gasteiger partial charge on any atom is -0.490 e. The van der Waals surface area contributed by atoms with Crippen LogP contribution >= 0.6 is 0 Å². The molecule has 0 aromatic heterocycles. The zero-order valence-corrected chi connectivity index (χ0v) is 13.6. The predicted octanol–water partition coefficient (Wildman–Crippen LogP) is 1.35. The van der Waals surface area contributed by atoms with Crippen LogP contribution in [0.3, 0.4) is 0 Å². The first kappa shape index (κ1) is 15.6. The number of piperidine rings is 1. The summed E-state index contributed by atoms with van der Waals surface area (Å²) < 4.78 is 6.12. The number of amides is 3. The lowest BCUT2D eigenvalue weighted by atomic mass is 10.1. The van der Waals surface area contributed by atoms with E-state index in [0.29, 0.717) is 19.6 Å². The third-order valence-corrected chi connectivity index (χ3v) is 4.46. The minimum atomic E-state index is -0.431. The number of hydrogen-bond acceptors (Lipinski definition) is 3. The van der Waals surface area contributed by atoms with E-state index in [-0.39, 0.29) is 18.0 Å². The summed E-state index contributed by atoms with van der Waals surface area (Å²) in [5.74, 6) is 0.926. The van der Waals surface area contributed by atoms with Gasteiger partial charge in [0, 0.05) is 32.5 Å². The van der Waals surface area contributed by atoms with E-state index >= 15 is 0 Å². The number of urea groups is 1. The number of ether oxygens (including phenoxy) is 1. The molecule has 6 nitrogen and oxygen atoms in total. The van der Waals surface area contributed by atoms with Crippen LogP contribution in [0, 0.1) is 13.8 Å². The molecule has 0 spiro atoms. The van der Waals surface area contributed by atoms with E-state index in [2.05, 4.69) is 35.8 Å². The van der Waals surface area contributed by atoms with Crippen molar-refractivity contribution in [2.24, 2.45) is 0 Å². The van der Waals surface area contributed by atoms with E-state index in [0.717, 1.165) is 24.2 Å². The SMILES string of the molecule is Cc1ccc(C)c(OC2CCN(C(=O)[C@@H]3CNC(=O)N3)CC2)c1. The molecular formula is C17H23N3O3. The molecule has 0 bridgehead atoms. The van der Waals surface area contributed by atoms with E-state index in [1.165, 1.54) is 5.56 Å². The molecule has 1 aromatic rings. The van der Waals surface area contributed by atoms with E-state index in [1.54, 1.807) is 0 Å². The smallest absolute Gasteiger partial charge is 0.315 e. The largest absolute Gasteiger partial charge is 0.490 e. The molecule has 2 aliphatic heterocycles. The van der Waals surface area contributed by atoms with Gasteiger partial charge in [-0.25, -0.2) is 4.79 Å². The first-order valence-electron chi connectivity index (χ1n) is 8.10. The molecule has 23 heavy (non-hydrogen) atoms. The molecule has 0 saturated carbocycles. The van der Waals surface area contributed by atoms with Crippen LogP contribution in [0.1, 0.15) is 24.0 Å². The van der Waals surface area contributed by atoms with Gasteiger partial charge in [-0.2, -0.15) is 0 Å². The van der Waals surface area contributed by atoms with E-state index in [9.17, 15) is 9.59 Å². The Morgan fingerprint density at radius 2 is 2.00 bits per heavy atom. The van der Waals surface area contributed by atoms with Crippen LogP contribution in [0.4, 0.5) is 4.79 Å². The molecule has 1 aromatic carbocycles. The number of hydrogen-bond donors (Lipinski definition) is 2. The van der Waals surface area contributed by atoms with Gasteiger partial charge in [-0.3, -0.25) is 4.79 Å². The molecule has 3 amide bonds. The number of aryl methyl sites for hydroxylation is 2. The molecule has 3 rings (SSSR count). The lowest BCUT2D eigenvalue weighted by Gasteiger charge is -2.33. The third kappa shape index (κ3) is 3.57. The second-order valence-electron chi connectivity index (χ2n) is 6.32. The molecule has 124 valence electrons. The Labute approximate surface area is 136 Å². The molecule has 6 heteroatoms. The van der Waals surface area contributed by atoms with Gasteiger partial charge >= 0.3 is 6.03 Å². The van der Waals surface area contributed by atoms with Crippen molar-refractivity contribution in [2.45, 2.75) is 38.8 Å². The summed E-state index contributed by atoms with van der Waals surface area (Å²) in [7, 11) is 0. The number of rotatable bonds is 3. The number of nitrogens with zero attached hydrogens (tertiary/aromatic N) is 1. The fourth-order valence-electron chi connectivity index (χ4n) is 3.03. The Hall–Kier alpha value is -2.24. The van der Waals surface area contributed by atoms with Gasteiger partial charge in [0.15, 0.2) is 0 Å². The quantitative estimate of drug-likeness (QED) is 0.884. The van der Waals surface area contributed by atoms with Crippen molar-refractivity contribution in [1.82, 2.24) is 15.5 Å². The molecule has 0 unspecified atom stereocenters. The maximum absolute atomic E-state index is 12.3. The van der Waals surface area contributed by atoms with Crippen LogP contribution in [-0.4, -0.2) is 48.6 Å². The maximum atomic E-state index is 12.3. The lowest BCUT2D eigenvalue weighted by Crippen LogP contribution is -2.49. The van der Waals surface area contributed by atoms with E-state index in [1.807, 2.05) is 11.8 Å². The van der Waals surface area contributed by atoms with Gasteiger partial charge < -0.3 is 20.3 Å². The summed E-state index contributed by atoms with van der Waals surface area (Å²) in [4.78, 5) is 25.3. The van der Waals surface area contributed by atoms with Crippen molar-refractivity contribution in [1.29, 1.82) is 0 Å². The van der Waals surface area contributed by atoms with Crippen molar-refractivity contribution < 1.29 is 14.3 Å². The molecule has 2 heterocycles. The van der Waals surface area contributed by atoms with Crippen LogP contribution in [0.15, 0.2) is 18.2 Å². The first-order valence-corrected chi connectivity index (χ1v) is 8.10. The number of nitrogens with one attached hydrogen (secondary N) is 2. The highest BCUT2D eigenvalue weighted by Gasteiger charge is 2.32. The summed E-state index contributed by atoms with van der Waals surface area (Å²) in [6.07, 6.45) is 1.76. The van der Waals surface area contributed by atoms with Crippen LogP contribution in [0.2, 0.25) is 0 Å². The number of carbonyl (C=O) groups is 2. The standard InChI is InChI=1S/C17H23N3O3/c1-11-3-4-12(2)15(9-11)23-13-5-7-20(8-6-13)16(21)14-10-18-17(22)19-14/h3-4,9,13-14H,5-8,10H2,1-2H3,(H2,18,19,22)/t14-/m0/s1. The van der Waals surface area contributed by atoms with Crippen LogP contribution in [0.25, 0.3) is 0 Å². The third-order valence-electron chi connectivity index (χ3n) is 4.46. The fraction of sp³-hybridized carbons (Fsp3) is 0.529. The minimum absolute atomic E-state index is 0.00599. The fourth-order valence-corrected chi connectivity index (χ4v) is 3.03. The van der Waals surface area contributed by atoms with Gasteiger partial charge in [0.1, 0.15) is 17.9 Å². The van der Waals surface area contributed by atoms with E-state index < -0.39 is 6.04 Å².